The lowest BCUT2D eigenvalue weighted by Crippen LogP contribution is -2.46. The van der Waals surface area contributed by atoms with Crippen LogP contribution in [0.3, 0.4) is 0 Å². The van der Waals surface area contributed by atoms with E-state index in [0.29, 0.717) is 0 Å². The third kappa shape index (κ3) is 4.01. The summed E-state index contributed by atoms with van der Waals surface area (Å²) in [7, 11) is 0. The minimum Gasteiger partial charge on any atom is -0.375 e. The number of hydrogen-bond acceptors (Lipinski definition) is 2. The highest BCUT2D eigenvalue weighted by atomic mass is 16.5. The summed E-state index contributed by atoms with van der Waals surface area (Å²) in [6.45, 7) is 4.41. The molecule has 1 saturated heterocycles. The van der Waals surface area contributed by atoms with Gasteiger partial charge >= 0.3 is 0 Å². The van der Waals surface area contributed by atoms with Crippen LogP contribution in [0.1, 0.15) is 84.0 Å². The molecule has 2 heteroatoms. The quantitative estimate of drug-likeness (QED) is 0.795. The summed E-state index contributed by atoms with van der Waals surface area (Å²) >= 11 is 0. The van der Waals surface area contributed by atoms with Crippen LogP contribution in [-0.4, -0.2) is 24.8 Å². The molecule has 1 spiro atoms. The molecule has 2 saturated carbocycles. The van der Waals surface area contributed by atoms with Gasteiger partial charge in [0.2, 0.25) is 0 Å². The molecule has 1 N–H and O–H groups in total. The molecule has 0 bridgehead atoms. The van der Waals surface area contributed by atoms with E-state index in [1.807, 2.05) is 0 Å². The van der Waals surface area contributed by atoms with Crippen LogP contribution in [-0.2, 0) is 4.74 Å². The maximum Gasteiger partial charge on any atom is 0.0685 e. The number of hydrogen-bond donors (Lipinski definition) is 1. The van der Waals surface area contributed by atoms with Crippen molar-refractivity contribution in [1.82, 2.24) is 5.32 Å². The van der Waals surface area contributed by atoms with Gasteiger partial charge in [-0.1, -0.05) is 51.9 Å². The van der Waals surface area contributed by atoms with Gasteiger partial charge in [-0.05, 0) is 50.5 Å². The van der Waals surface area contributed by atoms with E-state index in [4.69, 9.17) is 4.74 Å². The van der Waals surface area contributed by atoms with E-state index in [1.165, 1.54) is 77.0 Å². The molecule has 1 aliphatic heterocycles. The Kier molecular flexibility index (Phi) is 5.61. The van der Waals surface area contributed by atoms with Gasteiger partial charge in [-0.15, -0.1) is 0 Å². The van der Waals surface area contributed by atoms with Gasteiger partial charge in [0.15, 0.2) is 0 Å². The van der Waals surface area contributed by atoms with Gasteiger partial charge in [0.05, 0.1) is 5.60 Å². The normalized spacial score (nSPS) is 31.6. The van der Waals surface area contributed by atoms with E-state index < -0.39 is 0 Å². The van der Waals surface area contributed by atoms with E-state index >= 15 is 0 Å². The Morgan fingerprint density at radius 3 is 2.52 bits per heavy atom. The Morgan fingerprint density at radius 2 is 1.81 bits per heavy atom. The summed E-state index contributed by atoms with van der Waals surface area (Å²) in [6.07, 6.45) is 16.9. The van der Waals surface area contributed by atoms with Crippen molar-refractivity contribution in [3.8, 4) is 0 Å². The first-order valence-corrected chi connectivity index (χ1v) is 9.69. The monoisotopic (exact) mass is 293 g/mol. The van der Waals surface area contributed by atoms with Crippen molar-refractivity contribution in [1.29, 1.82) is 0 Å². The third-order valence-electron chi connectivity index (χ3n) is 6.39. The van der Waals surface area contributed by atoms with Crippen LogP contribution >= 0.6 is 0 Å². The lowest BCUT2D eigenvalue weighted by Gasteiger charge is -2.42. The fraction of sp³-hybridized carbons (Fsp3) is 1.00. The molecule has 0 aromatic rings. The highest BCUT2D eigenvalue weighted by Crippen LogP contribution is 2.44. The Labute approximate surface area is 131 Å². The molecule has 21 heavy (non-hydrogen) atoms. The Morgan fingerprint density at radius 1 is 1.05 bits per heavy atom. The molecule has 3 rings (SSSR count). The van der Waals surface area contributed by atoms with Crippen LogP contribution in [0.5, 0.6) is 0 Å². The zero-order chi connectivity index (χ0) is 14.5. The van der Waals surface area contributed by atoms with Gasteiger partial charge < -0.3 is 10.1 Å². The standard InChI is InChI=1S/C19H35NO/c1-2-20-18(14-16-8-4-3-5-9-16)17-10-13-21-19(15-17)11-6-7-12-19/h16-18,20H,2-15H2,1H3. The molecule has 2 unspecified atom stereocenters. The largest absolute Gasteiger partial charge is 0.375 e. The predicted octanol–water partition coefficient (Wildman–Crippen LogP) is 4.67. The molecule has 122 valence electrons. The first-order valence-electron chi connectivity index (χ1n) is 9.69. The Bertz CT molecular complexity index is 305. The molecule has 2 aliphatic carbocycles. The van der Waals surface area contributed by atoms with Crippen molar-refractivity contribution in [2.45, 2.75) is 95.6 Å². The van der Waals surface area contributed by atoms with Crippen molar-refractivity contribution >= 4 is 0 Å². The molecule has 1 heterocycles. The second-order valence-electron chi connectivity index (χ2n) is 7.90. The zero-order valence-corrected chi connectivity index (χ0v) is 14.0. The lowest BCUT2D eigenvalue weighted by atomic mass is 9.76. The Balaban J connectivity index is 1.59. The van der Waals surface area contributed by atoms with Crippen LogP contribution in [0, 0.1) is 11.8 Å². The number of nitrogens with one attached hydrogen (secondary N) is 1. The van der Waals surface area contributed by atoms with Crippen molar-refractivity contribution in [2.75, 3.05) is 13.2 Å². The van der Waals surface area contributed by atoms with Crippen molar-refractivity contribution in [2.24, 2.45) is 11.8 Å². The van der Waals surface area contributed by atoms with E-state index in [2.05, 4.69) is 12.2 Å². The summed E-state index contributed by atoms with van der Waals surface area (Å²) in [6, 6.07) is 0.750. The average Bonchev–Trinajstić information content (AvgIpc) is 2.96. The molecule has 0 amide bonds. The smallest absolute Gasteiger partial charge is 0.0685 e. The molecule has 2 nitrogen and oxygen atoms in total. The van der Waals surface area contributed by atoms with E-state index in [9.17, 15) is 0 Å². The first-order chi connectivity index (χ1) is 10.3. The molecular weight excluding hydrogens is 258 g/mol. The fourth-order valence-electron chi connectivity index (χ4n) is 5.26. The second kappa shape index (κ2) is 7.46. The molecule has 3 aliphatic rings. The van der Waals surface area contributed by atoms with E-state index in [0.717, 1.165) is 31.0 Å². The Hall–Kier alpha value is -0.0800. The van der Waals surface area contributed by atoms with Gasteiger partial charge in [0, 0.05) is 12.6 Å². The fourth-order valence-corrected chi connectivity index (χ4v) is 5.26. The van der Waals surface area contributed by atoms with Gasteiger partial charge in [0.25, 0.3) is 0 Å². The summed E-state index contributed by atoms with van der Waals surface area (Å²) in [5.74, 6) is 1.85. The van der Waals surface area contributed by atoms with Crippen LogP contribution in [0.15, 0.2) is 0 Å². The maximum absolute atomic E-state index is 6.25. The summed E-state index contributed by atoms with van der Waals surface area (Å²) < 4.78 is 6.25. The van der Waals surface area contributed by atoms with Crippen molar-refractivity contribution < 1.29 is 4.74 Å². The molecule has 2 atom stereocenters. The van der Waals surface area contributed by atoms with Crippen molar-refractivity contribution in [3.05, 3.63) is 0 Å². The highest BCUT2D eigenvalue weighted by molar-refractivity contribution is 4.94. The molecule has 0 radical (unpaired) electrons. The maximum atomic E-state index is 6.25. The van der Waals surface area contributed by atoms with Crippen LogP contribution < -0.4 is 5.32 Å². The van der Waals surface area contributed by atoms with Crippen LogP contribution in [0.4, 0.5) is 0 Å². The van der Waals surface area contributed by atoms with Gasteiger partial charge in [-0.2, -0.15) is 0 Å². The van der Waals surface area contributed by atoms with Crippen LogP contribution in [0.2, 0.25) is 0 Å². The molecule has 0 aromatic carbocycles. The average molecular weight is 293 g/mol. The second-order valence-corrected chi connectivity index (χ2v) is 7.90. The minimum atomic E-state index is 0.281. The highest BCUT2D eigenvalue weighted by Gasteiger charge is 2.42. The van der Waals surface area contributed by atoms with E-state index in [-0.39, 0.29) is 5.60 Å². The number of rotatable bonds is 5. The van der Waals surface area contributed by atoms with Gasteiger partial charge in [-0.3, -0.25) is 0 Å². The SMILES string of the molecule is CCNC(CC1CCCCC1)C1CCOC2(CCCC2)C1. The molecule has 3 fully saturated rings. The molecular formula is C19H35NO. The molecule has 0 aromatic heterocycles. The summed E-state index contributed by atoms with van der Waals surface area (Å²) in [5.41, 5.74) is 0.281. The zero-order valence-electron chi connectivity index (χ0n) is 14.0. The van der Waals surface area contributed by atoms with Gasteiger partial charge in [-0.25, -0.2) is 0 Å². The minimum absolute atomic E-state index is 0.281. The third-order valence-corrected chi connectivity index (χ3v) is 6.39. The topological polar surface area (TPSA) is 21.3 Å². The first kappa shape index (κ1) is 15.8. The lowest BCUT2D eigenvalue weighted by molar-refractivity contribution is -0.0990. The van der Waals surface area contributed by atoms with Crippen LogP contribution in [0.25, 0.3) is 0 Å². The van der Waals surface area contributed by atoms with Crippen molar-refractivity contribution in [3.63, 3.8) is 0 Å². The van der Waals surface area contributed by atoms with Gasteiger partial charge in [0.1, 0.15) is 0 Å². The summed E-state index contributed by atoms with van der Waals surface area (Å²) in [4.78, 5) is 0. The van der Waals surface area contributed by atoms with E-state index in [1.54, 1.807) is 0 Å². The predicted molar refractivity (Wildman–Crippen MR) is 88.5 cm³/mol. The summed E-state index contributed by atoms with van der Waals surface area (Å²) in [5, 5.41) is 3.85. The number of ether oxygens (including phenoxy) is 1.